The van der Waals surface area contributed by atoms with Gasteiger partial charge in [0.2, 0.25) is 0 Å². The monoisotopic (exact) mass is 502 g/mol. The molecule has 0 spiro atoms. The van der Waals surface area contributed by atoms with E-state index in [1.54, 1.807) is 0 Å². The van der Waals surface area contributed by atoms with Crippen LogP contribution in [0.25, 0.3) is 0 Å². The van der Waals surface area contributed by atoms with Crippen LogP contribution in [0.5, 0.6) is 0 Å². The molecule has 182 valence electrons. The van der Waals surface area contributed by atoms with Gasteiger partial charge in [-0.2, -0.15) is 23.5 Å². The lowest BCUT2D eigenvalue weighted by Crippen LogP contribution is -2.46. The van der Waals surface area contributed by atoms with Gasteiger partial charge < -0.3 is 26.6 Å². The van der Waals surface area contributed by atoms with Crippen LogP contribution in [0.3, 0.4) is 0 Å². The van der Waals surface area contributed by atoms with Gasteiger partial charge in [0.25, 0.3) is 0 Å². The molecule has 0 aromatic rings. The first-order valence-corrected chi connectivity index (χ1v) is 17.7. The number of rotatable bonds is 23. The van der Waals surface area contributed by atoms with Crippen molar-refractivity contribution in [3.8, 4) is 0 Å². The predicted octanol–water partition coefficient (Wildman–Crippen LogP) is 5.33. The fourth-order valence-electron chi connectivity index (χ4n) is 3.01. The van der Waals surface area contributed by atoms with E-state index in [2.05, 4.69) is 0 Å². The minimum absolute atomic E-state index is 0.647. The van der Waals surface area contributed by atoms with Crippen molar-refractivity contribution in [2.45, 2.75) is 66.5 Å². The number of thioether (sulfide) groups is 2. The molecule has 0 saturated heterocycles. The van der Waals surface area contributed by atoms with Crippen LogP contribution in [-0.2, 0) is 26.6 Å². The summed E-state index contributed by atoms with van der Waals surface area (Å²) in [5.41, 5.74) is 0. The van der Waals surface area contributed by atoms with Gasteiger partial charge in [0.05, 0.1) is 0 Å². The van der Waals surface area contributed by atoms with Crippen molar-refractivity contribution in [1.29, 1.82) is 0 Å². The Bertz CT molecular complexity index is 315. The molecular weight excluding hydrogens is 457 g/mol. The van der Waals surface area contributed by atoms with Gasteiger partial charge in [0.15, 0.2) is 0 Å². The van der Waals surface area contributed by atoms with Crippen molar-refractivity contribution in [2.24, 2.45) is 0 Å². The Balaban J connectivity index is 3.97. The summed E-state index contributed by atoms with van der Waals surface area (Å²) in [5.74, 6) is 4.41. The molecule has 6 nitrogen and oxygen atoms in total. The van der Waals surface area contributed by atoms with Crippen LogP contribution in [0, 0.1) is 0 Å². The van der Waals surface area contributed by atoms with Crippen molar-refractivity contribution < 1.29 is 26.6 Å². The molecule has 0 aromatic heterocycles. The first kappa shape index (κ1) is 30.9. The highest BCUT2D eigenvalue weighted by atomic mass is 32.2. The van der Waals surface area contributed by atoms with E-state index in [1.807, 2.05) is 65.1 Å². The van der Waals surface area contributed by atoms with E-state index in [4.69, 9.17) is 26.6 Å². The second-order valence-electron chi connectivity index (χ2n) is 6.40. The summed E-state index contributed by atoms with van der Waals surface area (Å²) < 4.78 is 35.5. The molecule has 0 unspecified atom stereocenters. The Morgan fingerprint density at radius 2 is 0.700 bits per heavy atom. The summed E-state index contributed by atoms with van der Waals surface area (Å²) in [5, 5.41) is 0. The van der Waals surface area contributed by atoms with Crippen molar-refractivity contribution in [3.05, 3.63) is 0 Å². The summed E-state index contributed by atoms with van der Waals surface area (Å²) >= 11 is 3.96. The lowest BCUT2D eigenvalue weighted by molar-refractivity contribution is 0.0720. The highest BCUT2D eigenvalue weighted by molar-refractivity contribution is 7.99. The highest BCUT2D eigenvalue weighted by Gasteiger charge is 2.40. The topological polar surface area (TPSA) is 55.4 Å². The van der Waals surface area contributed by atoms with E-state index in [9.17, 15) is 0 Å². The predicted molar refractivity (Wildman–Crippen MR) is 135 cm³/mol. The molecule has 0 aliphatic carbocycles. The van der Waals surface area contributed by atoms with Gasteiger partial charge in [-0.05, 0) is 77.4 Å². The van der Waals surface area contributed by atoms with Crippen LogP contribution in [0.1, 0.15) is 54.4 Å². The molecule has 30 heavy (non-hydrogen) atoms. The van der Waals surface area contributed by atoms with Gasteiger partial charge in [0, 0.05) is 51.7 Å². The largest absolute Gasteiger partial charge is 0.501 e. The molecular formula is C20H46O6S2Si2. The summed E-state index contributed by atoms with van der Waals surface area (Å²) in [6.45, 7) is 15.9. The number of hydrogen-bond donors (Lipinski definition) is 0. The zero-order valence-electron chi connectivity index (χ0n) is 20.2. The maximum Gasteiger partial charge on any atom is 0.501 e. The van der Waals surface area contributed by atoms with Crippen molar-refractivity contribution >= 4 is 41.1 Å². The maximum absolute atomic E-state index is 5.91. The van der Waals surface area contributed by atoms with Crippen LogP contribution >= 0.6 is 23.5 Å². The highest BCUT2D eigenvalue weighted by Crippen LogP contribution is 2.22. The van der Waals surface area contributed by atoms with E-state index in [1.165, 1.54) is 24.3 Å². The molecule has 10 heteroatoms. The average molecular weight is 503 g/mol. The molecule has 0 radical (unpaired) electrons. The lowest BCUT2D eigenvalue weighted by Gasteiger charge is -2.28. The molecule has 0 N–H and O–H groups in total. The van der Waals surface area contributed by atoms with E-state index in [-0.39, 0.29) is 0 Å². The van der Waals surface area contributed by atoms with E-state index < -0.39 is 17.6 Å². The smallest absolute Gasteiger partial charge is 0.374 e. The molecule has 0 atom stereocenters. The molecule has 0 aliphatic heterocycles. The van der Waals surface area contributed by atoms with Gasteiger partial charge in [-0.15, -0.1) is 0 Å². The third kappa shape index (κ3) is 14.1. The quantitative estimate of drug-likeness (QED) is 0.137. The second kappa shape index (κ2) is 20.5. The Morgan fingerprint density at radius 3 is 0.933 bits per heavy atom. The van der Waals surface area contributed by atoms with Gasteiger partial charge in [-0.3, -0.25) is 0 Å². The molecule has 0 saturated carbocycles. The van der Waals surface area contributed by atoms with Crippen LogP contribution in [-0.4, -0.2) is 80.3 Å². The van der Waals surface area contributed by atoms with E-state index in [0.29, 0.717) is 39.6 Å². The summed E-state index contributed by atoms with van der Waals surface area (Å²) in [6.07, 6.45) is 2.46. The summed E-state index contributed by atoms with van der Waals surface area (Å²) in [7, 11) is -4.95. The van der Waals surface area contributed by atoms with E-state index >= 15 is 0 Å². The zero-order valence-corrected chi connectivity index (χ0v) is 23.8. The average Bonchev–Trinajstić information content (AvgIpc) is 2.70. The standard InChI is InChI=1S/C20H46O6S2Si2/c1-7-21-29(22-8-2,23-9-3)19-17-27-15-13-14-16-28-18-20-30(24-10-4,25-11-5)26-12-6/h7-20H2,1-6H3. The minimum atomic E-state index is -2.48. The molecule has 0 heterocycles. The van der Waals surface area contributed by atoms with Gasteiger partial charge in [-0.1, -0.05) is 0 Å². The SMILES string of the molecule is CCO[Si](CCSCCCCSCC[Si](OCC)(OCC)OCC)(OCC)OCC. The number of hydrogen-bond acceptors (Lipinski definition) is 8. The molecule has 0 bridgehead atoms. The Hall–Kier alpha value is 0.894. The molecule has 0 amide bonds. The van der Waals surface area contributed by atoms with Crippen molar-refractivity contribution in [1.82, 2.24) is 0 Å². The zero-order chi connectivity index (χ0) is 22.6. The van der Waals surface area contributed by atoms with E-state index in [0.717, 1.165) is 23.6 Å². The molecule has 0 rings (SSSR count). The van der Waals surface area contributed by atoms with Crippen LogP contribution in [0.2, 0.25) is 12.1 Å². The lowest BCUT2D eigenvalue weighted by atomic mass is 10.4. The van der Waals surface area contributed by atoms with Crippen molar-refractivity contribution in [2.75, 3.05) is 62.7 Å². The molecule has 0 aromatic carbocycles. The first-order valence-electron chi connectivity index (χ1n) is 11.6. The fourth-order valence-corrected chi connectivity index (χ4v) is 11.4. The van der Waals surface area contributed by atoms with Crippen LogP contribution < -0.4 is 0 Å². The maximum atomic E-state index is 5.91. The third-order valence-electron chi connectivity index (χ3n) is 4.12. The molecule has 0 fully saturated rings. The summed E-state index contributed by atoms with van der Waals surface area (Å²) in [4.78, 5) is 0. The van der Waals surface area contributed by atoms with Crippen LogP contribution in [0.4, 0.5) is 0 Å². The number of unbranched alkanes of at least 4 members (excludes halogenated alkanes) is 1. The van der Waals surface area contributed by atoms with Gasteiger partial charge in [0.1, 0.15) is 0 Å². The Labute approximate surface area is 196 Å². The fraction of sp³-hybridized carbons (Fsp3) is 1.00. The van der Waals surface area contributed by atoms with Gasteiger partial charge in [-0.25, -0.2) is 0 Å². The van der Waals surface area contributed by atoms with Crippen LogP contribution in [0.15, 0.2) is 0 Å². The summed E-state index contributed by atoms with van der Waals surface area (Å²) in [6, 6.07) is 1.78. The van der Waals surface area contributed by atoms with Gasteiger partial charge >= 0.3 is 17.6 Å². The van der Waals surface area contributed by atoms with Crippen molar-refractivity contribution in [3.63, 3.8) is 0 Å². The Kier molecular flexibility index (Phi) is 21.1. The normalized spacial score (nSPS) is 12.6. The Morgan fingerprint density at radius 1 is 0.433 bits per heavy atom. The third-order valence-corrected chi connectivity index (χ3v) is 13.1. The second-order valence-corrected chi connectivity index (χ2v) is 14.3. The minimum Gasteiger partial charge on any atom is -0.374 e. The first-order chi connectivity index (χ1) is 14.6. The molecule has 0 aliphatic rings.